The summed E-state index contributed by atoms with van der Waals surface area (Å²) in [5.74, 6) is -1.85. The number of carbonyl (C=O) groups is 2. The molecule has 162 valence electrons. The number of halogens is 1. The summed E-state index contributed by atoms with van der Waals surface area (Å²) < 4.78 is 0. The average Bonchev–Trinajstić information content (AvgIpc) is 3.16. The van der Waals surface area contributed by atoms with E-state index in [1.165, 1.54) is 0 Å². The zero-order valence-corrected chi connectivity index (χ0v) is 18.3. The molecule has 3 aromatic rings. The number of ketones is 1. The Labute approximate surface area is 196 Å². The van der Waals surface area contributed by atoms with E-state index >= 15 is 0 Å². The van der Waals surface area contributed by atoms with Crippen molar-refractivity contribution in [3.63, 3.8) is 0 Å². The number of fused-ring (bicyclic) bond motifs is 3. The van der Waals surface area contributed by atoms with Crippen LogP contribution in [0.15, 0.2) is 84.9 Å². The summed E-state index contributed by atoms with van der Waals surface area (Å²) in [4.78, 5) is 29.1. The highest BCUT2D eigenvalue weighted by Gasteiger charge is 2.66. The number of hydrogen-bond donors (Lipinski definition) is 1. The Kier molecular flexibility index (Phi) is 5.03. The van der Waals surface area contributed by atoms with Gasteiger partial charge in [0, 0.05) is 22.2 Å². The summed E-state index contributed by atoms with van der Waals surface area (Å²) in [5.41, 5.74) is 6.98. The van der Waals surface area contributed by atoms with E-state index in [-0.39, 0.29) is 5.78 Å². The lowest BCUT2D eigenvalue weighted by atomic mass is 9.67. The van der Waals surface area contributed by atoms with Gasteiger partial charge in [0.25, 0.3) is 0 Å². The number of hydrogen-bond acceptors (Lipinski definition) is 4. The quantitative estimate of drug-likeness (QED) is 0.585. The van der Waals surface area contributed by atoms with Crippen LogP contribution in [0.25, 0.3) is 6.08 Å². The molecule has 3 aromatic carbocycles. The van der Waals surface area contributed by atoms with Gasteiger partial charge in [0.2, 0.25) is 5.91 Å². The van der Waals surface area contributed by atoms with Gasteiger partial charge in [0.05, 0.1) is 12.1 Å². The standard InChI is InChI=1S/C27H20ClN3O2/c28-20-12-6-5-11-19(20)23-24(25(32)18-9-2-1-3-10-18)31-21-13-7-4-8-17(21)14-15-22(31)27(23,16-29)26(30)33/h1-15,22-24H,(H2,30,33)/t22-,23-,24+,27-/m1/s1. The number of nitrogens with two attached hydrogens (primary N) is 1. The Morgan fingerprint density at radius 3 is 2.33 bits per heavy atom. The van der Waals surface area contributed by atoms with Crippen LogP contribution < -0.4 is 10.6 Å². The first kappa shape index (κ1) is 21.0. The molecule has 2 aliphatic heterocycles. The summed E-state index contributed by atoms with van der Waals surface area (Å²) in [6, 6.07) is 24.2. The molecule has 0 saturated carbocycles. The molecule has 0 aromatic heterocycles. The first-order valence-corrected chi connectivity index (χ1v) is 11.0. The Morgan fingerprint density at radius 1 is 0.970 bits per heavy atom. The van der Waals surface area contributed by atoms with Crippen molar-refractivity contribution in [3.8, 4) is 6.07 Å². The molecule has 1 saturated heterocycles. The Bertz CT molecular complexity index is 1330. The fourth-order valence-corrected chi connectivity index (χ4v) is 5.53. The maximum atomic E-state index is 14.1. The molecular weight excluding hydrogens is 434 g/mol. The summed E-state index contributed by atoms with van der Waals surface area (Å²) in [6.07, 6.45) is 3.68. The van der Waals surface area contributed by atoms with Crippen LogP contribution in [0.5, 0.6) is 0 Å². The van der Waals surface area contributed by atoms with Crippen LogP contribution in [0, 0.1) is 16.7 Å². The molecule has 0 spiro atoms. The number of benzene rings is 3. The number of nitrogens with zero attached hydrogens (tertiary/aromatic N) is 2. The van der Waals surface area contributed by atoms with Gasteiger partial charge in [-0.2, -0.15) is 5.26 Å². The molecule has 0 bridgehead atoms. The number of carbonyl (C=O) groups excluding carboxylic acids is 2. The minimum Gasteiger partial charge on any atom is -0.368 e. The molecule has 0 radical (unpaired) electrons. The van der Waals surface area contributed by atoms with Gasteiger partial charge < -0.3 is 10.6 Å². The molecule has 2 aliphatic rings. The van der Waals surface area contributed by atoms with E-state index in [1.54, 1.807) is 54.6 Å². The molecule has 0 aliphatic carbocycles. The SMILES string of the molecule is N#C[C@]1(C(N)=O)[C@H](c2ccccc2Cl)[C@@H](C(=O)c2ccccc2)N2c3ccccc3C=C[C@@H]21. The minimum atomic E-state index is -1.70. The number of Topliss-reactive ketones (excluding diaryl/α,β-unsaturated/α-hetero) is 1. The molecule has 33 heavy (non-hydrogen) atoms. The Hall–Kier alpha value is -3.88. The molecule has 2 heterocycles. The molecular formula is C27H20ClN3O2. The smallest absolute Gasteiger partial charge is 0.241 e. The van der Waals surface area contributed by atoms with Crippen molar-refractivity contribution < 1.29 is 9.59 Å². The van der Waals surface area contributed by atoms with Crippen molar-refractivity contribution >= 4 is 35.1 Å². The maximum absolute atomic E-state index is 14.1. The van der Waals surface area contributed by atoms with Crippen LogP contribution in [0.1, 0.15) is 27.4 Å². The van der Waals surface area contributed by atoms with E-state index in [4.69, 9.17) is 17.3 Å². The Balaban J connectivity index is 1.84. The fourth-order valence-electron chi connectivity index (χ4n) is 5.27. The van der Waals surface area contributed by atoms with Gasteiger partial charge in [-0.1, -0.05) is 90.5 Å². The van der Waals surface area contributed by atoms with E-state index in [0.717, 1.165) is 11.3 Å². The lowest BCUT2D eigenvalue weighted by molar-refractivity contribution is -0.125. The molecule has 5 rings (SSSR count). The zero-order chi connectivity index (χ0) is 23.2. The van der Waals surface area contributed by atoms with Crippen molar-refractivity contribution in [2.75, 3.05) is 4.90 Å². The summed E-state index contributed by atoms with van der Waals surface area (Å²) in [7, 11) is 0. The number of nitriles is 1. The highest BCUT2D eigenvalue weighted by atomic mass is 35.5. The number of rotatable bonds is 4. The molecule has 1 fully saturated rings. The van der Waals surface area contributed by atoms with Crippen LogP contribution in [-0.2, 0) is 4.79 Å². The number of primary amides is 1. The molecule has 1 amide bonds. The summed E-state index contributed by atoms with van der Waals surface area (Å²) >= 11 is 6.60. The first-order valence-electron chi connectivity index (χ1n) is 10.6. The average molecular weight is 454 g/mol. The van der Waals surface area contributed by atoms with E-state index in [2.05, 4.69) is 6.07 Å². The highest BCUT2D eigenvalue weighted by Crippen LogP contribution is 2.56. The highest BCUT2D eigenvalue weighted by molar-refractivity contribution is 6.31. The third kappa shape index (κ3) is 2.99. The van der Waals surface area contributed by atoms with Crippen LogP contribution >= 0.6 is 11.6 Å². The van der Waals surface area contributed by atoms with Crippen molar-refractivity contribution in [1.82, 2.24) is 0 Å². The van der Waals surface area contributed by atoms with Crippen molar-refractivity contribution in [3.05, 3.63) is 107 Å². The number of anilines is 1. The molecule has 6 heteroatoms. The second-order valence-electron chi connectivity index (χ2n) is 8.29. The monoisotopic (exact) mass is 453 g/mol. The van der Waals surface area contributed by atoms with Gasteiger partial charge in [-0.3, -0.25) is 9.59 Å². The Morgan fingerprint density at radius 2 is 1.64 bits per heavy atom. The lowest BCUT2D eigenvalue weighted by Crippen LogP contribution is -2.49. The second kappa shape index (κ2) is 7.91. The molecule has 2 N–H and O–H groups in total. The van der Waals surface area contributed by atoms with Crippen molar-refractivity contribution in [2.45, 2.75) is 18.0 Å². The summed E-state index contributed by atoms with van der Waals surface area (Å²) in [5, 5.41) is 10.9. The van der Waals surface area contributed by atoms with E-state index in [1.807, 2.05) is 41.3 Å². The molecule has 4 atom stereocenters. The van der Waals surface area contributed by atoms with E-state index < -0.39 is 29.3 Å². The maximum Gasteiger partial charge on any atom is 0.241 e. The lowest BCUT2D eigenvalue weighted by Gasteiger charge is -2.36. The topological polar surface area (TPSA) is 87.2 Å². The van der Waals surface area contributed by atoms with Gasteiger partial charge in [-0.15, -0.1) is 0 Å². The largest absolute Gasteiger partial charge is 0.368 e. The molecule has 0 unspecified atom stereocenters. The van der Waals surface area contributed by atoms with Crippen LogP contribution in [0.3, 0.4) is 0 Å². The van der Waals surface area contributed by atoms with Gasteiger partial charge in [0.1, 0.15) is 6.04 Å². The van der Waals surface area contributed by atoms with E-state index in [0.29, 0.717) is 16.1 Å². The van der Waals surface area contributed by atoms with Gasteiger partial charge >= 0.3 is 0 Å². The fraction of sp³-hybridized carbons (Fsp3) is 0.148. The van der Waals surface area contributed by atoms with Crippen LogP contribution in [0.4, 0.5) is 5.69 Å². The van der Waals surface area contributed by atoms with Crippen LogP contribution in [0.2, 0.25) is 5.02 Å². The minimum absolute atomic E-state index is 0.200. The molecule has 5 nitrogen and oxygen atoms in total. The third-order valence-corrected chi connectivity index (χ3v) is 7.05. The third-order valence-electron chi connectivity index (χ3n) is 6.71. The summed E-state index contributed by atoms with van der Waals surface area (Å²) in [6.45, 7) is 0. The number of amides is 1. The van der Waals surface area contributed by atoms with Crippen molar-refractivity contribution in [2.24, 2.45) is 11.1 Å². The van der Waals surface area contributed by atoms with Gasteiger partial charge in [-0.25, -0.2) is 0 Å². The predicted octanol–water partition coefficient (Wildman–Crippen LogP) is 4.59. The van der Waals surface area contributed by atoms with Crippen LogP contribution in [-0.4, -0.2) is 23.8 Å². The number of para-hydroxylation sites is 1. The normalized spacial score (nSPS) is 25.1. The van der Waals surface area contributed by atoms with E-state index in [9.17, 15) is 14.9 Å². The zero-order valence-electron chi connectivity index (χ0n) is 17.6. The first-order chi connectivity index (χ1) is 16.0. The second-order valence-corrected chi connectivity index (χ2v) is 8.70. The van der Waals surface area contributed by atoms with Gasteiger partial charge in [-0.05, 0) is 23.3 Å². The predicted molar refractivity (Wildman–Crippen MR) is 128 cm³/mol. The van der Waals surface area contributed by atoms with Crippen molar-refractivity contribution in [1.29, 1.82) is 5.26 Å². The van der Waals surface area contributed by atoms with Gasteiger partial charge in [0.15, 0.2) is 11.2 Å².